The standard InChI is InChI=1S/C18H21N3O2S/c1-3-13-9-15(17(22)16(10-13)23-2)11-20-21-18(19)24-12-14-7-5-4-6-8-14/h4-11,22H,3,12H2,1-2H3,(H2,19,21). The molecule has 2 rings (SSSR count). The van der Waals surface area contributed by atoms with Gasteiger partial charge in [0.15, 0.2) is 16.7 Å². The van der Waals surface area contributed by atoms with Crippen LogP contribution in [0.25, 0.3) is 0 Å². The Bertz CT molecular complexity index is 731. The first-order valence-corrected chi connectivity index (χ1v) is 8.55. The van der Waals surface area contributed by atoms with Gasteiger partial charge in [-0.1, -0.05) is 49.0 Å². The van der Waals surface area contributed by atoms with E-state index in [-0.39, 0.29) is 5.75 Å². The van der Waals surface area contributed by atoms with Gasteiger partial charge in [0.25, 0.3) is 0 Å². The van der Waals surface area contributed by atoms with Gasteiger partial charge in [-0.05, 0) is 29.7 Å². The van der Waals surface area contributed by atoms with E-state index in [0.717, 1.165) is 17.7 Å². The van der Waals surface area contributed by atoms with Gasteiger partial charge in [-0.2, -0.15) is 5.10 Å². The molecule has 0 saturated heterocycles. The average molecular weight is 343 g/mol. The van der Waals surface area contributed by atoms with Crippen LogP contribution in [0.4, 0.5) is 0 Å². The topological polar surface area (TPSA) is 80.2 Å². The fraction of sp³-hybridized carbons (Fsp3) is 0.222. The van der Waals surface area contributed by atoms with Crippen molar-refractivity contribution < 1.29 is 9.84 Å². The number of aryl methyl sites for hydroxylation is 1. The van der Waals surface area contributed by atoms with E-state index in [1.54, 1.807) is 6.07 Å². The zero-order chi connectivity index (χ0) is 17.4. The van der Waals surface area contributed by atoms with Crippen molar-refractivity contribution in [3.8, 4) is 11.5 Å². The number of methoxy groups -OCH3 is 1. The van der Waals surface area contributed by atoms with E-state index in [2.05, 4.69) is 10.2 Å². The SMILES string of the molecule is CCc1cc(C=NN=C(N)SCc2ccccc2)c(O)c(OC)c1. The molecule has 3 N–H and O–H groups in total. The molecule has 0 saturated carbocycles. The van der Waals surface area contributed by atoms with Crippen molar-refractivity contribution >= 4 is 23.1 Å². The predicted molar refractivity (Wildman–Crippen MR) is 101 cm³/mol. The third kappa shape index (κ3) is 5.03. The Morgan fingerprint density at radius 3 is 2.67 bits per heavy atom. The summed E-state index contributed by atoms with van der Waals surface area (Å²) in [5, 5.41) is 18.4. The maximum absolute atomic E-state index is 10.1. The Balaban J connectivity index is 2.04. The number of hydrogen-bond donors (Lipinski definition) is 2. The van der Waals surface area contributed by atoms with Crippen LogP contribution >= 0.6 is 11.8 Å². The van der Waals surface area contributed by atoms with Gasteiger partial charge in [0, 0.05) is 11.3 Å². The molecule has 0 atom stereocenters. The highest BCUT2D eigenvalue weighted by Gasteiger charge is 2.08. The molecule has 6 heteroatoms. The van der Waals surface area contributed by atoms with Crippen LogP contribution in [-0.4, -0.2) is 23.6 Å². The van der Waals surface area contributed by atoms with E-state index < -0.39 is 0 Å². The van der Waals surface area contributed by atoms with E-state index >= 15 is 0 Å². The second kappa shape index (κ2) is 8.98. The van der Waals surface area contributed by atoms with Crippen LogP contribution in [0.15, 0.2) is 52.7 Å². The van der Waals surface area contributed by atoms with Crippen LogP contribution < -0.4 is 10.5 Å². The Kier molecular flexibility index (Phi) is 6.69. The molecule has 0 aliphatic carbocycles. The predicted octanol–water partition coefficient (Wildman–Crippen LogP) is 3.55. The normalized spacial score (nSPS) is 11.8. The van der Waals surface area contributed by atoms with Crippen molar-refractivity contribution in [1.82, 2.24) is 0 Å². The molecule has 0 aliphatic rings. The summed E-state index contributed by atoms with van der Waals surface area (Å²) in [5.41, 5.74) is 8.61. The maximum Gasteiger partial charge on any atom is 0.180 e. The summed E-state index contributed by atoms with van der Waals surface area (Å²) in [7, 11) is 1.52. The van der Waals surface area contributed by atoms with Crippen LogP contribution in [0.2, 0.25) is 0 Å². The fourth-order valence-corrected chi connectivity index (χ4v) is 2.67. The van der Waals surface area contributed by atoms with Gasteiger partial charge in [0.2, 0.25) is 0 Å². The quantitative estimate of drug-likeness (QED) is 0.477. The first kappa shape index (κ1) is 17.9. The molecule has 0 spiro atoms. The largest absolute Gasteiger partial charge is 0.504 e. The third-order valence-electron chi connectivity index (χ3n) is 3.38. The lowest BCUT2D eigenvalue weighted by molar-refractivity contribution is 0.372. The van der Waals surface area contributed by atoms with E-state index in [9.17, 15) is 5.11 Å². The molecular formula is C18H21N3O2S. The molecule has 0 heterocycles. The number of amidine groups is 1. The number of ether oxygens (including phenoxy) is 1. The fourth-order valence-electron chi connectivity index (χ4n) is 2.06. The molecular weight excluding hydrogens is 322 g/mol. The highest BCUT2D eigenvalue weighted by molar-refractivity contribution is 8.13. The summed E-state index contributed by atoms with van der Waals surface area (Å²) in [4.78, 5) is 0. The van der Waals surface area contributed by atoms with E-state index in [0.29, 0.717) is 16.5 Å². The van der Waals surface area contributed by atoms with Crippen molar-refractivity contribution in [3.63, 3.8) is 0 Å². The second-order valence-electron chi connectivity index (χ2n) is 5.05. The number of aromatic hydroxyl groups is 1. The molecule has 2 aromatic carbocycles. The minimum absolute atomic E-state index is 0.0455. The van der Waals surface area contributed by atoms with Gasteiger partial charge < -0.3 is 15.6 Å². The first-order valence-electron chi connectivity index (χ1n) is 7.57. The van der Waals surface area contributed by atoms with Gasteiger partial charge in [0.05, 0.1) is 13.3 Å². The summed E-state index contributed by atoms with van der Waals surface area (Å²) >= 11 is 1.41. The average Bonchev–Trinajstić information content (AvgIpc) is 2.62. The van der Waals surface area contributed by atoms with E-state index in [4.69, 9.17) is 10.5 Å². The molecule has 0 bridgehead atoms. The molecule has 24 heavy (non-hydrogen) atoms. The maximum atomic E-state index is 10.1. The van der Waals surface area contributed by atoms with Gasteiger partial charge in [-0.25, -0.2) is 0 Å². The summed E-state index contributed by atoms with van der Waals surface area (Å²) in [6.07, 6.45) is 2.31. The highest BCUT2D eigenvalue weighted by Crippen LogP contribution is 2.30. The van der Waals surface area contributed by atoms with Crippen LogP contribution in [0.5, 0.6) is 11.5 Å². The van der Waals surface area contributed by atoms with Crippen molar-refractivity contribution in [2.45, 2.75) is 19.1 Å². The number of thioether (sulfide) groups is 1. The number of benzene rings is 2. The number of hydrogen-bond acceptors (Lipinski definition) is 5. The van der Waals surface area contributed by atoms with E-state index in [1.807, 2.05) is 43.3 Å². The van der Waals surface area contributed by atoms with Gasteiger partial charge >= 0.3 is 0 Å². The second-order valence-corrected chi connectivity index (χ2v) is 6.04. The summed E-state index contributed by atoms with van der Waals surface area (Å²) in [6.45, 7) is 2.03. The number of rotatable bonds is 6. The smallest absolute Gasteiger partial charge is 0.180 e. The van der Waals surface area contributed by atoms with Crippen LogP contribution in [0.1, 0.15) is 23.6 Å². The Morgan fingerprint density at radius 2 is 2.00 bits per heavy atom. The van der Waals surface area contributed by atoms with Crippen molar-refractivity contribution in [1.29, 1.82) is 0 Å². The summed E-state index contributed by atoms with van der Waals surface area (Å²) in [6, 6.07) is 13.7. The highest BCUT2D eigenvalue weighted by atomic mass is 32.2. The molecule has 126 valence electrons. The van der Waals surface area contributed by atoms with Gasteiger partial charge in [0.1, 0.15) is 0 Å². The Hall–Kier alpha value is -2.47. The lowest BCUT2D eigenvalue weighted by Gasteiger charge is -2.08. The Labute approximate surface area is 146 Å². The molecule has 0 amide bonds. The molecule has 0 radical (unpaired) electrons. The van der Waals surface area contributed by atoms with Crippen LogP contribution in [0, 0.1) is 0 Å². The zero-order valence-electron chi connectivity index (χ0n) is 13.8. The number of phenols is 1. The Morgan fingerprint density at radius 1 is 1.25 bits per heavy atom. The molecule has 2 aromatic rings. The summed E-state index contributed by atoms with van der Waals surface area (Å²) < 4.78 is 5.17. The number of phenolic OH excluding ortho intramolecular Hbond substituents is 1. The van der Waals surface area contributed by atoms with Crippen molar-refractivity contribution in [2.75, 3.05) is 7.11 Å². The molecule has 0 fully saturated rings. The van der Waals surface area contributed by atoms with Gasteiger partial charge in [-0.15, -0.1) is 5.10 Å². The monoisotopic (exact) mass is 343 g/mol. The minimum Gasteiger partial charge on any atom is -0.504 e. The van der Waals surface area contributed by atoms with Crippen LogP contribution in [0.3, 0.4) is 0 Å². The molecule has 0 aliphatic heterocycles. The van der Waals surface area contributed by atoms with Gasteiger partial charge in [-0.3, -0.25) is 0 Å². The lowest BCUT2D eigenvalue weighted by Crippen LogP contribution is -2.06. The molecule has 0 aromatic heterocycles. The first-order chi connectivity index (χ1) is 11.6. The lowest BCUT2D eigenvalue weighted by atomic mass is 10.1. The molecule has 5 nitrogen and oxygen atoms in total. The van der Waals surface area contributed by atoms with Crippen molar-refractivity contribution in [3.05, 3.63) is 59.2 Å². The molecule has 0 unspecified atom stereocenters. The zero-order valence-corrected chi connectivity index (χ0v) is 14.6. The third-order valence-corrected chi connectivity index (χ3v) is 4.23. The van der Waals surface area contributed by atoms with E-state index in [1.165, 1.54) is 30.6 Å². The van der Waals surface area contributed by atoms with Crippen molar-refractivity contribution in [2.24, 2.45) is 15.9 Å². The summed E-state index contributed by atoms with van der Waals surface area (Å²) in [5.74, 6) is 1.20. The van der Waals surface area contributed by atoms with Crippen LogP contribution in [-0.2, 0) is 12.2 Å². The minimum atomic E-state index is 0.0455. The number of nitrogens with two attached hydrogens (primary N) is 1. The number of nitrogens with zero attached hydrogens (tertiary/aromatic N) is 2.